The summed E-state index contributed by atoms with van der Waals surface area (Å²) in [6.45, 7) is 1.91. The number of ether oxygens (including phenoxy) is 1. The molecular formula is C20H22ClN3O2S. The molecule has 0 radical (unpaired) electrons. The van der Waals surface area contributed by atoms with Gasteiger partial charge in [-0.2, -0.15) is 0 Å². The van der Waals surface area contributed by atoms with Crippen LogP contribution in [0.25, 0.3) is 0 Å². The van der Waals surface area contributed by atoms with Crippen molar-refractivity contribution < 1.29 is 9.53 Å². The van der Waals surface area contributed by atoms with Gasteiger partial charge in [-0.15, -0.1) is 0 Å². The molecule has 0 bridgehead atoms. The van der Waals surface area contributed by atoms with Crippen molar-refractivity contribution in [1.29, 1.82) is 0 Å². The fraction of sp³-hybridized carbons (Fsp3) is 0.300. The van der Waals surface area contributed by atoms with Crippen molar-refractivity contribution in [3.63, 3.8) is 0 Å². The maximum absolute atomic E-state index is 12.5. The van der Waals surface area contributed by atoms with E-state index in [1.807, 2.05) is 24.3 Å². The SMILES string of the molecule is COc1ccccc1C(=O)NC(=S)Nc1cccc(Cl)c1N1CCCCC1. The second-order valence-electron chi connectivity index (χ2n) is 6.29. The van der Waals surface area contributed by atoms with E-state index < -0.39 is 0 Å². The van der Waals surface area contributed by atoms with E-state index in [1.54, 1.807) is 18.2 Å². The zero-order valence-electron chi connectivity index (χ0n) is 15.1. The third kappa shape index (κ3) is 4.70. The summed E-state index contributed by atoms with van der Waals surface area (Å²) in [6.07, 6.45) is 3.51. The monoisotopic (exact) mass is 403 g/mol. The van der Waals surface area contributed by atoms with Crippen LogP contribution in [0.2, 0.25) is 5.02 Å². The molecule has 0 aliphatic carbocycles. The highest BCUT2D eigenvalue weighted by atomic mass is 35.5. The summed E-state index contributed by atoms with van der Waals surface area (Å²) in [7, 11) is 1.53. The maximum atomic E-state index is 12.5. The van der Waals surface area contributed by atoms with Crippen LogP contribution in [0.4, 0.5) is 11.4 Å². The summed E-state index contributed by atoms with van der Waals surface area (Å²) in [5, 5.41) is 6.71. The quantitative estimate of drug-likeness (QED) is 0.738. The summed E-state index contributed by atoms with van der Waals surface area (Å²) in [5.74, 6) is 0.168. The van der Waals surface area contributed by atoms with E-state index in [2.05, 4.69) is 15.5 Å². The highest BCUT2D eigenvalue weighted by molar-refractivity contribution is 7.80. The molecule has 7 heteroatoms. The van der Waals surface area contributed by atoms with Gasteiger partial charge in [-0.1, -0.05) is 29.8 Å². The summed E-state index contributed by atoms with van der Waals surface area (Å²) in [4.78, 5) is 14.8. The number of anilines is 2. The fourth-order valence-electron chi connectivity index (χ4n) is 3.21. The number of nitrogens with one attached hydrogen (secondary N) is 2. The van der Waals surface area contributed by atoms with Crippen LogP contribution in [0.3, 0.4) is 0 Å². The lowest BCUT2D eigenvalue weighted by molar-refractivity contribution is 0.0975. The fourth-order valence-corrected chi connectivity index (χ4v) is 3.71. The van der Waals surface area contributed by atoms with Gasteiger partial charge in [0.05, 0.1) is 29.1 Å². The van der Waals surface area contributed by atoms with E-state index in [0.29, 0.717) is 16.3 Å². The predicted octanol–water partition coefficient (Wildman–Crippen LogP) is 4.47. The lowest BCUT2D eigenvalue weighted by Crippen LogP contribution is -2.35. The summed E-state index contributed by atoms with van der Waals surface area (Å²) in [5.41, 5.74) is 2.13. The Morgan fingerprint density at radius 3 is 2.59 bits per heavy atom. The number of methoxy groups -OCH3 is 1. The molecule has 3 rings (SSSR count). The molecule has 2 N–H and O–H groups in total. The molecule has 1 heterocycles. The van der Waals surface area contributed by atoms with Gasteiger partial charge >= 0.3 is 0 Å². The lowest BCUT2D eigenvalue weighted by Gasteiger charge is -2.31. The van der Waals surface area contributed by atoms with Gasteiger partial charge in [-0.3, -0.25) is 10.1 Å². The smallest absolute Gasteiger partial charge is 0.261 e. The standard InChI is InChI=1S/C20H22ClN3O2S/c1-26-17-11-4-3-8-14(17)19(25)23-20(27)22-16-10-7-9-15(21)18(16)24-12-5-2-6-13-24/h3-4,7-11H,2,5-6,12-13H2,1H3,(H2,22,23,25,27). The first-order chi connectivity index (χ1) is 13.1. The number of halogens is 1. The number of benzene rings is 2. The van der Waals surface area contributed by atoms with Crippen molar-refractivity contribution in [3.8, 4) is 5.75 Å². The maximum Gasteiger partial charge on any atom is 0.261 e. The number of rotatable bonds is 4. The molecule has 2 aromatic carbocycles. The van der Waals surface area contributed by atoms with Crippen molar-refractivity contribution in [2.24, 2.45) is 0 Å². The molecular weight excluding hydrogens is 382 g/mol. The zero-order chi connectivity index (χ0) is 19.2. The van der Waals surface area contributed by atoms with Crippen LogP contribution in [-0.4, -0.2) is 31.2 Å². The number of piperidine rings is 1. The summed E-state index contributed by atoms with van der Waals surface area (Å²) in [6, 6.07) is 12.7. The minimum absolute atomic E-state index is 0.214. The second-order valence-corrected chi connectivity index (χ2v) is 7.11. The molecule has 0 unspecified atom stereocenters. The minimum Gasteiger partial charge on any atom is -0.496 e. The highest BCUT2D eigenvalue weighted by Crippen LogP contribution is 2.35. The molecule has 1 fully saturated rings. The Labute approximate surface area is 169 Å². The predicted molar refractivity (Wildman–Crippen MR) is 114 cm³/mol. The topological polar surface area (TPSA) is 53.6 Å². The first-order valence-electron chi connectivity index (χ1n) is 8.89. The molecule has 1 amide bonds. The zero-order valence-corrected chi connectivity index (χ0v) is 16.7. The Morgan fingerprint density at radius 1 is 1.11 bits per heavy atom. The molecule has 5 nitrogen and oxygen atoms in total. The molecule has 0 aromatic heterocycles. The van der Waals surface area contributed by atoms with Crippen LogP contribution in [0, 0.1) is 0 Å². The third-order valence-corrected chi connectivity index (χ3v) is 5.00. The third-order valence-electron chi connectivity index (χ3n) is 4.49. The van der Waals surface area contributed by atoms with Crippen LogP contribution in [0.15, 0.2) is 42.5 Å². The van der Waals surface area contributed by atoms with Crippen LogP contribution < -0.4 is 20.3 Å². The molecule has 142 valence electrons. The number of carbonyl (C=O) groups excluding carboxylic acids is 1. The Bertz CT molecular complexity index is 838. The number of thiocarbonyl (C=S) groups is 1. The lowest BCUT2D eigenvalue weighted by atomic mass is 10.1. The molecule has 0 spiro atoms. The first-order valence-corrected chi connectivity index (χ1v) is 9.67. The number of hydrogen-bond donors (Lipinski definition) is 2. The van der Waals surface area contributed by atoms with Crippen LogP contribution in [-0.2, 0) is 0 Å². The summed E-state index contributed by atoms with van der Waals surface area (Å²) < 4.78 is 5.23. The van der Waals surface area contributed by atoms with E-state index in [0.717, 1.165) is 37.3 Å². The Kier molecular flexibility index (Phi) is 6.53. The Balaban J connectivity index is 1.74. The molecule has 1 aliphatic rings. The van der Waals surface area contributed by atoms with E-state index in [9.17, 15) is 4.79 Å². The normalized spacial score (nSPS) is 13.8. The van der Waals surface area contributed by atoms with Crippen molar-refractivity contribution in [2.45, 2.75) is 19.3 Å². The number of nitrogens with zero attached hydrogens (tertiary/aromatic N) is 1. The van der Waals surface area contributed by atoms with Crippen LogP contribution in [0.1, 0.15) is 29.6 Å². The molecule has 1 aliphatic heterocycles. The molecule has 2 aromatic rings. The number of para-hydroxylation sites is 2. The second kappa shape index (κ2) is 9.06. The molecule has 0 saturated carbocycles. The van der Waals surface area contributed by atoms with E-state index in [-0.39, 0.29) is 11.0 Å². The van der Waals surface area contributed by atoms with Crippen LogP contribution >= 0.6 is 23.8 Å². The molecule has 27 heavy (non-hydrogen) atoms. The Morgan fingerprint density at radius 2 is 1.85 bits per heavy atom. The summed E-state index contributed by atoms with van der Waals surface area (Å²) >= 11 is 11.8. The molecule has 1 saturated heterocycles. The van der Waals surface area contributed by atoms with E-state index in [4.69, 9.17) is 28.6 Å². The van der Waals surface area contributed by atoms with E-state index >= 15 is 0 Å². The van der Waals surface area contributed by atoms with Gasteiger partial charge in [0.15, 0.2) is 5.11 Å². The largest absolute Gasteiger partial charge is 0.496 e. The minimum atomic E-state index is -0.327. The molecule has 0 atom stereocenters. The number of amides is 1. The van der Waals surface area contributed by atoms with Gasteiger partial charge in [0.25, 0.3) is 5.91 Å². The van der Waals surface area contributed by atoms with E-state index in [1.165, 1.54) is 13.5 Å². The van der Waals surface area contributed by atoms with Gasteiger partial charge in [-0.25, -0.2) is 0 Å². The van der Waals surface area contributed by atoms with Gasteiger partial charge in [0, 0.05) is 13.1 Å². The van der Waals surface area contributed by atoms with Gasteiger partial charge in [-0.05, 0) is 55.7 Å². The van der Waals surface area contributed by atoms with Crippen molar-refractivity contribution in [2.75, 3.05) is 30.4 Å². The highest BCUT2D eigenvalue weighted by Gasteiger charge is 2.19. The van der Waals surface area contributed by atoms with Gasteiger partial charge in [0.1, 0.15) is 5.75 Å². The Hall–Kier alpha value is -2.31. The number of hydrogen-bond acceptors (Lipinski definition) is 4. The average Bonchev–Trinajstić information content (AvgIpc) is 2.68. The average molecular weight is 404 g/mol. The van der Waals surface area contributed by atoms with Crippen LogP contribution in [0.5, 0.6) is 5.75 Å². The van der Waals surface area contributed by atoms with Crippen molar-refractivity contribution >= 4 is 46.2 Å². The van der Waals surface area contributed by atoms with Gasteiger partial charge in [0.2, 0.25) is 0 Å². The first kappa shape index (κ1) is 19.5. The van der Waals surface area contributed by atoms with Crippen molar-refractivity contribution in [1.82, 2.24) is 5.32 Å². The number of carbonyl (C=O) groups is 1. The van der Waals surface area contributed by atoms with Gasteiger partial charge < -0.3 is 15.0 Å². The van der Waals surface area contributed by atoms with Crippen molar-refractivity contribution in [3.05, 3.63) is 53.1 Å².